The molecule has 136 valence electrons. The predicted octanol–water partition coefficient (Wildman–Crippen LogP) is 2.90. The van der Waals surface area contributed by atoms with Gasteiger partial charge in [-0.05, 0) is 43.6 Å². The van der Waals surface area contributed by atoms with Gasteiger partial charge in [-0.3, -0.25) is 14.7 Å². The molecule has 3 fully saturated rings. The van der Waals surface area contributed by atoms with Crippen LogP contribution >= 0.6 is 0 Å². The molecule has 25 heavy (non-hydrogen) atoms. The first-order valence-corrected chi connectivity index (χ1v) is 9.84. The van der Waals surface area contributed by atoms with Gasteiger partial charge in [0, 0.05) is 37.9 Å². The monoisotopic (exact) mass is 343 g/mol. The van der Waals surface area contributed by atoms with Crippen LogP contribution < -0.4 is 0 Å². The molecule has 5 heteroatoms. The number of nitrogens with zero attached hydrogens (tertiary/aromatic N) is 3. The second-order valence-electron chi connectivity index (χ2n) is 8.14. The van der Waals surface area contributed by atoms with Gasteiger partial charge in [-0.25, -0.2) is 0 Å². The molecule has 1 amide bonds. The van der Waals surface area contributed by atoms with Crippen LogP contribution in [0.4, 0.5) is 0 Å². The summed E-state index contributed by atoms with van der Waals surface area (Å²) >= 11 is 0. The SMILES string of the molecule is CCC[C@H]1CCC[C@H]2[C@@H]3C[C@@H](CN(C(=O)c4cncc(O)c4)C3)CN12. The average Bonchev–Trinajstić information content (AvgIpc) is 2.62. The van der Waals surface area contributed by atoms with Crippen molar-refractivity contribution >= 4 is 5.91 Å². The largest absolute Gasteiger partial charge is 0.506 e. The number of aromatic hydroxyl groups is 1. The number of carbonyl (C=O) groups excluding carboxylic acids is 1. The van der Waals surface area contributed by atoms with E-state index in [4.69, 9.17) is 0 Å². The normalized spacial score (nSPS) is 32.3. The Morgan fingerprint density at radius 1 is 1.28 bits per heavy atom. The lowest BCUT2D eigenvalue weighted by molar-refractivity contribution is -0.0519. The van der Waals surface area contributed by atoms with Crippen LogP contribution in [0.1, 0.15) is 55.8 Å². The lowest BCUT2D eigenvalue weighted by atomic mass is 9.74. The van der Waals surface area contributed by atoms with Crippen molar-refractivity contribution in [3.05, 3.63) is 24.0 Å². The molecule has 1 aromatic rings. The fourth-order valence-corrected chi connectivity index (χ4v) is 5.45. The van der Waals surface area contributed by atoms with E-state index in [-0.39, 0.29) is 11.7 Å². The molecule has 0 aliphatic carbocycles. The molecule has 3 saturated heterocycles. The number of rotatable bonds is 3. The summed E-state index contributed by atoms with van der Waals surface area (Å²) in [5.41, 5.74) is 0.504. The molecule has 3 aliphatic heterocycles. The van der Waals surface area contributed by atoms with Crippen LogP contribution in [0.15, 0.2) is 18.5 Å². The Labute approximate surface area is 150 Å². The highest BCUT2D eigenvalue weighted by atomic mass is 16.3. The average molecular weight is 343 g/mol. The van der Waals surface area contributed by atoms with E-state index in [1.807, 2.05) is 4.90 Å². The first kappa shape index (κ1) is 16.8. The Morgan fingerprint density at radius 3 is 2.96 bits per heavy atom. The summed E-state index contributed by atoms with van der Waals surface area (Å²) in [5.74, 6) is 1.26. The predicted molar refractivity (Wildman–Crippen MR) is 96.4 cm³/mol. The third kappa shape index (κ3) is 3.26. The van der Waals surface area contributed by atoms with E-state index < -0.39 is 0 Å². The van der Waals surface area contributed by atoms with Gasteiger partial charge in [-0.1, -0.05) is 19.8 Å². The number of hydrogen-bond donors (Lipinski definition) is 1. The Balaban J connectivity index is 1.50. The highest BCUT2D eigenvalue weighted by molar-refractivity contribution is 5.94. The molecule has 1 aromatic heterocycles. The first-order chi connectivity index (χ1) is 12.2. The minimum atomic E-state index is 0.0208. The van der Waals surface area contributed by atoms with Crippen molar-refractivity contribution in [2.75, 3.05) is 19.6 Å². The standard InChI is InChI=1S/C20H29N3O2/c1-2-4-17-5-3-6-19-16-7-14(12-23(17)19)11-22(13-16)20(25)15-8-18(24)10-21-9-15/h8-10,14,16-17,19,24H,2-7,11-13H2,1H3/t14-,16+,17-,19-/m0/s1. The molecule has 2 bridgehead atoms. The van der Waals surface area contributed by atoms with Crippen molar-refractivity contribution < 1.29 is 9.90 Å². The summed E-state index contributed by atoms with van der Waals surface area (Å²) in [5, 5.41) is 9.62. The number of aromatic nitrogens is 1. The van der Waals surface area contributed by atoms with Crippen LogP contribution in [-0.4, -0.2) is 57.5 Å². The van der Waals surface area contributed by atoms with E-state index in [0.717, 1.165) is 25.7 Å². The van der Waals surface area contributed by atoms with Crippen LogP contribution in [-0.2, 0) is 0 Å². The van der Waals surface area contributed by atoms with Crippen LogP contribution in [0.3, 0.4) is 0 Å². The van der Waals surface area contributed by atoms with Crippen molar-refractivity contribution in [3.63, 3.8) is 0 Å². The zero-order valence-electron chi connectivity index (χ0n) is 15.1. The molecular weight excluding hydrogens is 314 g/mol. The molecule has 1 N–H and O–H groups in total. The third-order valence-corrected chi connectivity index (χ3v) is 6.39. The number of pyridine rings is 1. The van der Waals surface area contributed by atoms with Crippen LogP contribution in [0.5, 0.6) is 5.75 Å². The number of piperidine rings is 3. The summed E-state index contributed by atoms with van der Waals surface area (Å²) in [4.78, 5) is 21.6. The molecule has 0 spiro atoms. The van der Waals surface area contributed by atoms with Gasteiger partial charge in [0.15, 0.2) is 0 Å². The van der Waals surface area contributed by atoms with Crippen molar-refractivity contribution in [3.8, 4) is 5.75 Å². The highest BCUT2D eigenvalue weighted by Gasteiger charge is 2.45. The maximum absolute atomic E-state index is 12.9. The first-order valence-electron chi connectivity index (χ1n) is 9.84. The molecular formula is C20H29N3O2. The fraction of sp³-hybridized carbons (Fsp3) is 0.700. The van der Waals surface area contributed by atoms with Gasteiger partial charge in [0.2, 0.25) is 0 Å². The summed E-state index contributed by atoms with van der Waals surface area (Å²) in [6.07, 6.45) is 10.7. The molecule has 0 unspecified atom stereocenters. The number of carbonyl (C=O) groups is 1. The fourth-order valence-electron chi connectivity index (χ4n) is 5.45. The zero-order valence-corrected chi connectivity index (χ0v) is 15.1. The number of hydrogen-bond acceptors (Lipinski definition) is 4. The van der Waals surface area contributed by atoms with Gasteiger partial charge >= 0.3 is 0 Å². The number of fused-ring (bicyclic) bond motifs is 4. The van der Waals surface area contributed by atoms with Gasteiger partial charge in [0.1, 0.15) is 5.75 Å². The summed E-state index contributed by atoms with van der Waals surface area (Å²) in [6.45, 7) is 5.13. The molecule has 0 radical (unpaired) electrons. The van der Waals surface area contributed by atoms with Crippen molar-refractivity contribution in [2.24, 2.45) is 11.8 Å². The number of amides is 1. The minimum absolute atomic E-state index is 0.0208. The van der Waals surface area contributed by atoms with Crippen LogP contribution in [0, 0.1) is 11.8 Å². The summed E-state index contributed by atoms with van der Waals surface area (Å²) in [7, 11) is 0. The lowest BCUT2D eigenvalue weighted by Crippen LogP contribution is -2.62. The van der Waals surface area contributed by atoms with E-state index >= 15 is 0 Å². The van der Waals surface area contributed by atoms with E-state index in [1.165, 1.54) is 50.8 Å². The topological polar surface area (TPSA) is 56.7 Å². The molecule has 0 aromatic carbocycles. The lowest BCUT2D eigenvalue weighted by Gasteiger charge is -2.55. The summed E-state index contributed by atoms with van der Waals surface area (Å²) < 4.78 is 0. The third-order valence-electron chi connectivity index (χ3n) is 6.39. The second kappa shape index (κ2) is 6.94. The molecule has 4 heterocycles. The Morgan fingerprint density at radius 2 is 2.16 bits per heavy atom. The van der Waals surface area contributed by atoms with Crippen LogP contribution in [0.2, 0.25) is 0 Å². The van der Waals surface area contributed by atoms with Gasteiger partial charge in [0.25, 0.3) is 5.91 Å². The Hall–Kier alpha value is -1.62. The van der Waals surface area contributed by atoms with E-state index in [0.29, 0.717) is 23.4 Å². The van der Waals surface area contributed by atoms with Gasteiger partial charge < -0.3 is 10.0 Å². The van der Waals surface area contributed by atoms with Crippen molar-refractivity contribution in [1.82, 2.24) is 14.8 Å². The molecule has 0 saturated carbocycles. The van der Waals surface area contributed by atoms with Gasteiger partial charge in [0.05, 0.1) is 11.8 Å². The highest BCUT2D eigenvalue weighted by Crippen LogP contribution is 2.40. The minimum Gasteiger partial charge on any atom is -0.506 e. The van der Waals surface area contributed by atoms with Crippen molar-refractivity contribution in [1.29, 1.82) is 0 Å². The Kier molecular flexibility index (Phi) is 4.67. The van der Waals surface area contributed by atoms with E-state index in [1.54, 1.807) is 6.20 Å². The van der Waals surface area contributed by atoms with Gasteiger partial charge in [-0.2, -0.15) is 0 Å². The van der Waals surface area contributed by atoms with Crippen LogP contribution in [0.25, 0.3) is 0 Å². The maximum atomic E-state index is 12.9. The van der Waals surface area contributed by atoms with E-state index in [2.05, 4.69) is 16.8 Å². The smallest absolute Gasteiger partial charge is 0.255 e. The number of likely N-dealkylation sites (tertiary alicyclic amines) is 1. The van der Waals surface area contributed by atoms with Crippen molar-refractivity contribution in [2.45, 2.75) is 57.5 Å². The molecule has 3 aliphatic rings. The van der Waals surface area contributed by atoms with Gasteiger partial charge in [-0.15, -0.1) is 0 Å². The second-order valence-corrected chi connectivity index (χ2v) is 8.14. The molecule has 5 nitrogen and oxygen atoms in total. The molecule has 4 rings (SSSR count). The maximum Gasteiger partial charge on any atom is 0.255 e. The molecule has 4 atom stereocenters. The van der Waals surface area contributed by atoms with E-state index in [9.17, 15) is 9.90 Å². The summed E-state index contributed by atoms with van der Waals surface area (Å²) in [6, 6.07) is 2.94. The Bertz CT molecular complexity index is 633. The quantitative estimate of drug-likeness (QED) is 0.917. The zero-order chi connectivity index (χ0) is 17.4.